The minimum absolute atomic E-state index is 0.0362. The van der Waals surface area contributed by atoms with Gasteiger partial charge in [0.2, 0.25) is 16.7 Å². The van der Waals surface area contributed by atoms with E-state index in [1.165, 1.54) is 33.1 Å². The Hall–Kier alpha value is -3.55. The van der Waals surface area contributed by atoms with E-state index < -0.39 is 29.2 Å². The molecule has 2 unspecified atom stereocenters. The number of nitrogen functional groups attached to an aromatic ring is 1. The predicted molar refractivity (Wildman–Crippen MR) is 139 cm³/mol. The zero-order valence-corrected chi connectivity index (χ0v) is 22.5. The highest BCUT2D eigenvalue weighted by Gasteiger charge is 2.54. The van der Waals surface area contributed by atoms with E-state index in [1.807, 2.05) is 12.2 Å². The number of aliphatic hydroxyl groups excluding tert-OH is 1. The summed E-state index contributed by atoms with van der Waals surface area (Å²) >= 11 is 3.40. The molecule has 5 rings (SSSR count). The van der Waals surface area contributed by atoms with E-state index in [-0.39, 0.29) is 47.4 Å². The second-order valence-corrected chi connectivity index (χ2v) is 11.2. The Morgan fingerprint density at radius 3 is 2.92 bits per heavy atom. The van der Waals surface area contributed by atoms with Crippen LogP contribution in [0.1, 0.15) is 18.7 Å². The summed E-state index contributed by atoms with van der Waals surface area (Å²) in [4.78, 5) is 49.1. The first kappa shape index (κ1) is 27.0. The lowest BCUT2D eigenvalue weighted by Crippen LogP contribution is -2.71. The van der Waals surface area contributed by atoms with Gasteiger partial charge in [-0.3, -0.25) is 14.5 Å². The molecule has 5 N–H and O–H groups in total. The van der Waals surface area contributed by atoms with E-state index in [0.29, 0.717) is 22.9 Å². The molecule has 1 saturated heterocycles. The fourth-order valence-electron chi connectivity index (χ4n) is 4.02. The van der Waals surface area contributed by atoms with Crippen molar-refractivity contribution >= 4 is 63.7 Å². The summed E-state index contributed by atoms with van der Waals surface area (Å²) in [6.45, 7) is 0.0381. The third kappa shape index (κ3) is 5.60. The number of rotatable bonds is 11. The maximum absolute atomic E-state index is 13.2. The molecule has 2 aromatic rings. The van der Waals surface area contributed by atoms with E-state index >= 15 is 0 Å². The highest BCUT2D eigenvalue weighted by atomic mass is 32.2. The van der Waals surface area contributed by atoms with Gasteiger partial charge in [0, 0.05) is 23.0 Å². The van der Waals surface area contributed by atoms with Crippen molar-refractivity contribution in [2.45, 2.75) is 42.1 Å². The molecule has 4 heterocycles. The largest absolute Gasteiger partial charge is 0.477 e. The van der Waals surface area contributed by atoms with Crippen molar-refractivity contribution in [3.63, 3.8) is 0 Å². The zero-order valence-electron chi connectivity index (χ0n) is 20.0. The number of anilines is 1. The molecule has 0 saturated carbocycles. The number of amides is 2. The number of oxime groups is 1. The van der Waals surface area contributed by atoms with Crippen LogP contribution in [0.25, 0.3) is 0 Å². The number of nitrogens with two attached hydrogens (primary N) is 1. The van der Waals surface area contributed by atoms with Crippen molar-refractivity contribution in [2.75, 3.05) is 23.8 Å². The number of nitrogens with one attached hydrogen (secondary N) is 1. The van der Waals surface area contributed by atoms with Crippen LogP contribution in [0.2, 0.25) is 0 Å². The van der Waals surface area contributed by atoms with Crippen molar-refractivity contribution in [3.05, 3.63) is 29.2 Å². The molecule has 2 amide bonds. The Kier molecular flexibility index (Phi) is 8.10. The number of carbonyl (C=O) groups excluding carboxylic acids is 2. The lowest BCUT2D eigenvalue weighted by molar-refractivity contribution is -0.150. The van der Waals surface area contributed by atoms with Gasteiger partial charge >= 0.3 is 5.97 Å². The zero-order chi connectivity index (χ0) is 27.5. The number of carboxylic acids is 1. The Morgan fingerprint density at radius 2 is 2.23 bits per heavy atom. The molecule has 3 aliphatic rings. The third-order valence-electron chi connectivity index (χ3n) is 5.84. The maximum atomic E-state index is 13.2. The summed E-state index contributed by atoms with van der Waals surface area (Å²) < 4.78 is 5.44. The van der Waals surface area contributed by atoms with Crippen LogP contribution in [0.5, 0.6) is 0 Å². The highest BCUT2D eigenvalue weighted by molar-refractivity contribution is 8.01. The number of aromatic nitrogens is 6. The Labute approximate surface area is 232 Å². The molecule has 16 nitrogen and oxygen atoms in total. The number of thioether (sulfide) groups is 2. The molecule has 0 aromatic carbocycles. The van der Waals surface area contributed by atoms with Crippen molar-refractivity contribution in [1.29, 1.82) is 0 Å². The molecule has 39 heavy (non-hydrogen) atoms. The fraction of sp³-hybridized carbons (Fsp3) is 0.450. The molecule has 19 heteroatoms. The Bertz CT molecular complexity index is 1370. The summed E-state index contributed by atoms with van der Waals surface area (Å²) in [5.74, 6) is -2.09. The lowest BCUT2D eigenvalue weighted by atomic mass is 10.0. The molecule has 0 radical (unpaired) electrons. The summed E-state index contributed by atoms with van der Waals surface area (Å²) in [5.41, 5.74) is 5.81. The number of tetrazole rings is 1. The predicted octanol–water partition coefficient (Wildman–Crippen LogP) is -0.931. The minimum atomic E-state index is -1.26. The highest BCUT2D eigenvalue weighted by Crippen LogP contribution is 2.41. The van der Waals surface area contributed by atoms with Crippen molar-refractivity contribution in [1.82, 2.24) is 39.8 Å². The van der Waals surface area contributed by atoms with Gasteiger partial charge in [-0.2, -0.15) is 9.36 Å². The van der Waals surface area contributed by atoms with E-state index in [2.05, 4.69) is 35.4 Å². The van der Waals surface area contributed by atoms with Crippen LogP contribution in [0.3, 0.4) is 0 Å². The van der Waals surface area contributed by atoms with E-state index in [4.69, 9.17) is 15.7 Å². The quantitative estimate of drug-likeness (QED) is 0.0811. The summed E-state index contributed by atoms with van der Waals surface area (Å²) in [7, 11) is 0. The number of carboxylic acid groups (broad SMARTS) is 1. The van der Waals surface area contributed by atoms with Gasteiger partial charge in [0.1, 0.15) is 23.2 Å². The van der Waals surface area contributed by atoms with Crippen molar-refractivity contribution in [2.24, 2.45) is 5.16 Å². The number of aliphatic hydroxyl groups is 1. The summed E-state index contributed by atoms with van der Waals surface area (Å²) in [6, 6.07) is -0.990. The first-order valence-electron chi connectivity index (χ1n) is 11.6. The Morgan fingerprint density at radius 1 is 1.38 bits per heavy atom. The number of carbonyl (C=O) groups is 3. The first-order chi connectivity index (χ1) is 18.9. The average Bonchev–Trinajstić information content (AvgIpc) is 3.69. The number of allylic oxidation sites excluding steroid dienone is 1. The minimum Gasteiger partial charge on any atom is -0.477 e. The average molecular weight is 595 g/mol. The number of β-lactam (4-membered cyclic amide) rings is 1. The molecule has 206 valence electrons. The van der Waals surface area contributed by atoms with Gasteiger partial charge in [0.15, 0.2) is 5.13 Å². The van der Waals surface area contributed by atoms with Gasteiger partial charge in [0.25, 0.3) is 11.8 Å². The number of aliphatic carboxylic acids is 1. The van der Waals surface area contributed by atoms with Gasteiger partial charge in [-0.1, -0.05) is 23.0 Å². The van der Waals surface area contributed by atoms with E-state index in [1.54, 1.807) is 0 Å². The van der Waals surface area contributed by atoms with Crippen LogP contribution in [0.4, 0.5) is 5.13 Å². The van der Waals surface area contributed by atoms with Gasteiger partial charge in [-0.25, -0.2) is 9.48 Å². The molecule has 2 aromatic heterocycles. The van der Waals surface area contributed by atoms with Crippen molar-refractivity contribution in [3.8, 4) is 0 Å². The SMILES string of the molecule is Nc1nc(C(=NOC2C=CCC2)C(=O)NC2C(=O)N3C(C(=O)O)=C(CSc4nnnn4CCO)CS[C@@H]23)ns1. The van der Waals surface area contributed by atoms with Crippen LogP contribution in [-0.4, -0.2) is 104 Å². The van der Waals surface area contributed by atoms with Gasteiger partial charge in [-0.15, -0.1) is 16.9 Å². The summed E-state index contributed by atoms with van der Waals surface area (Å²) in [5, 5.41) is 36.8. The second-order valence-electron chi connectivity index (χ2n) is 8.36. The fourth-order valence-corrected chi connectivity index (χ4v) is 6.84. The normalized spacial score (nSPS) is 22.6. The van der Waals surface area contributed by atoms with Crippen LogP contribution in [-0.2, 0) is 25.8 Å². The third-order valence-corrected chi connectivity index (χ3v) is 8.76. The molecule has 1 fully saturated rings. The molecule has 2 aliphatic heterocycles. The molecule has 0 spiro atoms. The molecule has 0 bridgehead atoms. The molecule has 3 atom stereocenters. The molecular weight excluding hydrogens is 572 g/mol. The second kappa shape index (κ2) is 11.7. The van der Waals surface area contributed by atoms with Crippen LogP contribution in [0, 0.1) is 0 Å². The van der Waals surface area contributed by atoms with Crippen molar-refractivity contribution < 1.29 is 29.4 Å². The topological polar surface area (TPSA) is 224 Å². The standard InChI is InChI=1S/C20H22N10O6S3/c21-19-23-14(26-39-19)11(25-36-10-3-1-2-4-10)15(32)22-12-16(33)30-13(18(34)35)9(7-37-17(12)30)8-38-20-24-27-28-29(20)5-6-31/h1,3,10,12,17,31H,2,4-8H2,(H,22,32)(H,34,35)(H2,21,23,26)/t10?,12?,17-/m0/s1. The molecule has 1 aliphatic carbocycles. The van der Waals surface area contributed by atoms with E-state index in [9.17, 15) is 19.5 Å². The maximum Gasteiger partial charge on any atom is 0.352 e. The monoisotopic (exact) mass is 594 g/mol. The van der Waals surface area contributed by atoms with Gasteiger partial charge < -0.3 is 26.1 Å². The lowest BCUT2D eigenvalue weighted by Gasteiger charge is -2.49. The number of nitrogens with zero attached hydrogens (tertiary/aromatic N) is 8. The van der Waals surface area contributed by atoms with Crippen LogP contribution in [0.15, 0.2) is 33.7 Å². The van der Waals surface area contributed by atoms with Crippen LogP contribution >= 0.6 is 35.1 Å². The molecular formula is C20H22N10O6S3. The van der Waals surface area contributed by atoms with Gasteiger partial charge in [0.05, 0.1) is 13.2 Å². The Balaban J connectivity index is 1.30. The number of fused-ring (bicyclic) bond motifs is 1. The van der Waals surface area contributed by atoms with E-state index in [0.717, 1.165) is 18.0 Å². The van der Waals surface area contributed by atoms with Gasteiger partial charge in [-0.05, 0) is 34.9 Å². The van der Waals surface area contributed by atoms with Crippen LogP contribution < -0.4 is 11.1 Å². The number of hydrogen-bond donors (Lipinski definition) is 4. The first-order valence-corrected chi connectivity index (χ1v) is 14.4. The summed E-state index contributed by atoms with van der Waals surface area (Å²) in [6.07, 6.45) is 5.01. The smallest absolute Gasteiger partial charge is 0.352 e. The number of hydrogen-bond acceptors (Lipinski definition) is 15.